The molecule has 0 aliphatic heterocycles. The van der Waals surface area contributed by atoms with Crippen molar-refractivity contribution in [2.24, 2.45) is 5.41 Å². The first kappa shape index (κ1) is 23.1. The molecule has 1 aliphatic rings. The van der Waals surface area contributed by atoms with Crippen LogP contribution in [0.1, 0.15) is 64.0 Å². The minimum atomic E-state index is -1.31. The highest BCUT2D eigenvalue weighted by atomic mass is 16.5. The molecule has 1 saturated carbocycles. The number of nitrogens with one attached hydrogen (secondary N) is 2. The predicted octanol–water partition coefficient (Wildman–Crippen LogP) is 5.02. The molecule has 1 fully saturated rings. The lowest BCUT2D eigenvalue weighted by molar-refractivity contribution is -0.126. The van der Waals surface area contributed by atoms with Gasteiger partial charge in [0.15, 0.2) is 0 Å². The molecule has 8 heteroatoms. The maximum Gasteiger partial charge on any atom is 0.405 e. The highest BCUT2D eigenvalue weighted by Crippen LogP contribution is 2.45. The first-order valence-corrected chi connectivity index (χ1v) is 10.6. The number of ether oxygens (including phenoxy) is 1. The van der Waals surface area contributed by atoms with Crippen LogP contribution in [0.15, 0.2) is 36.5 Å². The number of pyridine rings is 1. The molecular weight excluding hydrogens is 408 g/mol. The Bertz CT molecular complexity index is 1050. The Morgan fingerprint density at radius 2 is 1.97 bits per heavy atom. The van der Waals surface area contributed by atoms with Gasteiger partial charge in [-0.2, -0.15) is 5.26 Å². The zero-order valence-corrected chi connectivity index (χ0v) is 18.7. The summed E-state index contributed by atoms with van der Waals surface area (Å²) in [7, 11) is 0. The van der Waals surface area contributed by atoms with Crippen molar-refractivity contribution in [3.05, 3.63) is 47.7 Å². The van der Waals surface area contributed by atoms with Gasteiger partial charge >= 0.3 is 6.09 Å². The van der Waals surface area contributed by atoms with Crippen LogP contribution < -0.4 is 15.4 Å². The van der Waals surface area contributed by atoms with Gasteiger partial charge in [0.05, 0.1) is 23.5 Å². The molecule has 8 nitrogen and oxygen atoms in total. The van der Waals surface area contributed by atoms with Gasteiger partial charge in [-0.15, -0.1) is 0 Å². The first-order valence-electron chi connectivity index (χ1n) is 10.6. The van der Waals surface area contributed by atoms with Gasteiger partial charge in [0.2, 0.25) is 5.88 Å². The fraction of sp³-hybridized carbons (Fsp3) is 0.417. The lowest BCUT2D eigenvalue weighted by Crippen LogP contribution is -2.63. The minimum absolute atomic E-state index is 0.284. The Balaban J connectivity index is 1.77. The van der Waals surface area contributed by atoms with E-state index < -0.39 is 23.0 Å². The number of carboxylic acid groups (broad SMARTS) is 1. The number of benzene rings is 1. The van der Waals surface area contributed by atoms with E-state index in [1.807, 2.05) is 26.8 Å². The zero-order chi connectivity index (χ0) is 23.5. The van der Waals surface area contributed by atoms with E-state index >= 15 is 0 Å². The molecule has 32 heavy (non-hydrogen) atoms. The third kappa shape index (κ3) is 4.83. The summed E-state index contributed by atoms with van der Waals surface area (Å²) in [6.07, 6.45) is 2.64. The van der Waals surface area contributed by atoms with Crippen LogP contribution in [0.4, 0.5) is 10.5 Å². The smallest absolute Gasteiger partial charge is 0.405 e. The molecule has 3 rings (SSSR count). The van der Waals surface area contributed by atoms with Crippen LogP contribution in [0, 0.1) is 16.7 Å². The molecule has 1 atom stereocenters. The number of hydrogen-bond donors (Lipinski definition) is 3. The molecule has 1 aliphatic carbocycles. The number of carbonyl (C=O) groups is 2. The van der Waals surface area contributed by atoms with Gasteiger partial charge in [0.1, 0.15) is 11.3 Å². The van der Waals surface area contributed by atoms with Gasteiger partial charge < -0.3 is 20.5 Å². The molecular formula is C24H28N4O4. The SMILES string of the molecule is CC[C@](NC(=O)O)(C(=O)Nc1ccc(Oc2ccc(C#N)cc2C2CC2)nc1)C(C)(C)C. The van der Waals surface area contributed by atoms with Crippen LogP contribution in [0.25, 0.3) is 0 Å². The summed E-state index contributed by atoms with van der Waals surface area (Å²) >= 11 is 0. The van der Waals surface area contributed by atoms with Crippen LogP contribution in [-0.2, 0) is 4.79 Å². The van der Waals surface area contributed by atoms with Crippen molar-refractivity contribution in [2.45, 2.75) is 58.4 Å². The molecule has 1 aromatic carbocycles. The normalized spacial score (nSPS) is 15.2. The van der Waals surface area contributed by atoms with Gasteiger partial charge in [-0.3, -0.25) is 4.79 Å². The summed E-state index contributed by atoms with van der Waals surface area (Å²) in [5.74, 6) is 0.974. The predicted molar refractivity (Wildman–Crippen MR) is 120 cm³/mol. The molecule has 3 N–H and O–H groups in total. The molecule has 168 valence electrons. The summed E-state index contributed by atoms with van der Waals surface area (Å²) in [6, 6.07) is 10.8. The van der Waals surface area contributed by atoms with Gasteiger partial charge in [0, 0.05) is 6.07 Å². The second-order valence-electron chi connectivity index (χ2n) is 9.02. The maximum absolute atomic E-state index is 13.1. The van der Waals surface area contributed by atoms with Crippen LogP contribution in [0.2, 0.25) is 0 Å². The van der Waals surface area contributed by atoms with Crippen molar-refractivity contribution in [1.82, 2.24) is 10.3 Å². The summed E-state index contributed by atoms with van der Waals surface area (Å²) in [6.45, 7) is 7.22. The van der Waals surface area contributed by atoms with Gasteiger partial charge in [-0.1, -0.05) is 27.7 Å². The van der Waals surface area contributed by atoms with Crippen molar-refractivity contribution in [3.63, 3.8) is 0 Å². The molecule has 0 unspecified atom stereocenters. The van der Waals surface area contributed by atoms with Gasteiger partial charge in [-0.05, 0) is 60.4 Å². The number of rotatable bonds is 7. The highest BCUT2D eigenvalue weighted by Gasteiger charge is 2.48. The number of anilines is 1. The summed E-state index contributed by atoms with van der Waals surface area (Å²) in [5.41, 5.74) is 0.0590. The largest absolute Gasteiger partial charge is 0.465 e. The Kier molecular flexibility index (Phi) is 6.40. The monoisotopic (exact) mass is 436 g/mol. The third-order valence-electron chi connectivity index (χ3n) is 5.88. The standard InChI is InChI=1S/C24H28N4O4/c1-5-24(23(2,3)4,28-22(30)31)21(29)27-17-9-11-20(26-14-17)32-19-10-6-15(13-25)12-18(19)16-7-8-16/h6,9-12,14,16,28H,5,7-8H2,1-4H3,(H,27,29)(H,30,31)/t24-/m0/s1. The molecule has 1 aromatic heterocycles. The van der Waals surface area contributed by atoms with E-state index in [9.17, 15) is 14.7 Å². The lowest BCUT2D eigenvalue weighted by Gasteiger charge is -2.42. The topological polar surface area (TPSA) is 124 Å². The van der Waals surface area contributed by atoms with Crippen LogP contribution in [-0.4, -0.2) is 27.6 Å². The fourth-order valence-electron chi connectivity index (χ4n) is 3.84. The van der Waals surface area contributed by atoms with Crippen LogP contribution in [0.5, 0.6) is 11.6 Å². The second kappa shape index (κ2) is 8.87. The number of carbonyl (C=O) groups excluding carboxylic acids is 1. The lowest BCUT2D eigenvalue weighted by atomic mass is 9.71. The Morgan fingerprint density at radius 1 is 1.25 bits per heavy atom. The number of nitrogens with zero attached hydrogens (tertiary/aromatic N) is 2. The summed E-state index contributed by atoms with van der Waals surface area (Å²) in [4.78, 5) is 28.7. The molecule has 0 saturated heterocycles. The second-order valence-corrected chi connectivity index (χ2v) is 9.02. The van der Waals surface area contributed by atoms with Gasteiger partial charge in [0.25, 0.3) is 5.91 Å². The number of amides is 2. The highest BCUT2D eigenvalue weighted by molar-refractivity contribution is 6.00. The Labute approximate surface area is 187 Å². The zero-order valence-electron chi connectivity index (χ0n) is 18.7. The quantitative estimate of drug-likeness (QED) is 0.559. The van der Waals surface area contributed by atoms with E-state index in [4.69, 9.17) is 10.00 Å². The van der Waals surface area contributed by atoms with E-state index in [-0.39, 0.29) is 6.42 Å². The van der Waals surface area contributed by atoms with Gasteiger partial charge in [-0.25, -0.2) is 9.78 Å². The molecule has 0 radical (unpaired) electrons. The van der Waals surface area contributed by atoms with Crippen molar-refractivity contribution in [1.29, 1.82) is 5.26 Å². The molecule has 0 bridgehead atoms. The molecule has 1 heterocycles. The molecule has 0 spiro atoms. The molecule has 2 amide bonds. The van der Waals surface area contributed by atoms with Crippen LogP contribution >= 0.6 is 0 Å². The van der Waals surface area contributed by atoms with E-state index in [1.165, 1.54) is 6.20 Å². The number of hydrogen-bond acceptors (Lipinski definition) is 5. The maximum atomic E-state index is 13.1. The van der Waals surface area contributed by atoms with E-state index in [1.54, 1.807) is 31.2 Å². The van der Waals surface area contributed by atoms with E-state index in [0.29, 0.717) is 28.8 Å². The number of aromatic nitrogens is 1. The summed E-state index contributed by atoms with van der Waals surface area (Å²) < 4.78 is 5.94. The minimum Gasteiger partial charge on any atom is -0.465 e. The molecule has 2 aromatic rings. The van der Waals surface area contributed by atoms with E-state index in [2.05, 4.69) is 21.7 Å². The van der Waals surface area contributed by atoms with Crippen molar-refractivity contribution >= 4 is 17.7 Å². The first-order chi connectivity index (χ1) is 15.1. The average molecular weight is 437 g/mol. The van der Waals surface area contributed by atoms with E-state index in [0.717, 1.165) is 18.4 Å². The average Bonchev–Trinajstić information content (AvgIpc) is 3.57. The third-order valence-corrected chi connectivity index (χ3v) is 5.88. The van der Waals surface area contributed by atoms with Crippen LogP contribution in [0.3, 0.4) is 0 Å². The number of nitriles is 1. The van der Waals surface area contributed by atoms with Crippen molar-refractivity contribution < 1.29 is 19.4 Å². The summed E-state index contributed by atoms with van der Waals surface area (Å²) in [5, 5.41) is 23.6. The van der Waals surface area contributed by atoms with Crippen molar-refractivity contribution in [3.8, 4) is 17.7 Å². The van der Waals surface area contributed by atoms with Crippen molar-refractivity contribution in [2.75, 3.05) is 5.32 Å². The fourth-order valence-corrected chi connectivity index (χ4v) is 3.84. The Hall–Kier alpha value is -3.60. The Morgan fingerprint density at radius 3 is 2.47 bits per heavy atom.